The van der Waals surface area contributed by atoms with E-state index in [-0.39, 0.29) is 29.4 Å². The second-order valence-corrected chi connectivity index (χ2v) is 1.80. The Hall–Kier alpha value is 1.11. The van der Waals surface area contributed by atoms with Gasteiger partial charge in [-0.2, -0.15) is 0 Å². The molecule has 34 valence electrons. The van der Waals surface area contributed by atoms with Crippen LogP contribution in [0.15, 0.2) is 0 Å². The van der Waals surface area contributed by atoms with Crippen molar-refractivity contribution in [3.05, 3.63) is 0 Å². The molecule has 0 atom stereocenters. The Labute approximate surface area is 58.1 Å². The van der Waals surface area contributed by atoms with E-state index in [0.29, 0.717) is 0 Å². The summed E-state index contributed by atoms with van der Waals surface area (Å²) >= 11 is 0. The molecule has 7 heavy (non-hydrogen) atoms. The Kier molecular flexibility index (Phi) is 11.8. The molecule has 0 heterocycles. The van der Waals surface area contributed by atoms with Crippen LogP contribution in [0.5, 0.6) is 0 Å². The summed E-state index contributed by atoms with van der Waals surface area (Å²) in [5, 5.41) is 0. The molecule has 0 fully saturated rings. The predicted octanol–water partition coefficient (Wildman–Crippen LogP) is -1.75. The molecule has 4 nitrogen and oxygen atoms in total. The van der Waals surface area contributed by atoms with E-state index < -0.39 is 9.05 Å². The van der Waals surface area contributed by atoms with Gasteiger partial charge in [-0.3, -0.25) is 0 Å². The molecular formula is H4O4PSiZn+5. The van der Waals surface area contributed by atoms with Crippen molar-refractivity contribution in [1.29, 1.82) is 0 Å². The van der Waals surface area contributed by atoms with E-state index in [1.165, 1.54) is 0 Å². The molecule has 0 aromatic heterocycles. The quantitative estimate of drug-likeness (QED) is 0.271. The molecule has 0 saturated heterocycles. The van der Waals surface area contributed by atoms with Gasteiger partial charge in [-0.25, -0.2) is 0 Å². The summed E-state index contributed by atoms with van der Waals surface area (Å²) in [7, 11) is -4.61. The van der Waals surface area contributed by atoms with Crippen molar-refractivity contribution in [1.82, 2.24) is 0 Å². The fourth-order valence-corrected chi connectivity index (χ4v) is 0. The number of rotatable bonds is 0. The van der Waals surface area contributed by atoms with Crippen LogP contribution < -0.4 is 0 Å². The van der Waals surface area contributed by atoms with Crippen LogP contribution in [-0.2, 0) is 19.5 Å². The van der Waals surface area contributed by atoms with Gasteiger partial charge in [0, 0.05) is 0 Å². The zero-order valence-corrected chi connectivity index (χ0v) is 8.30. The molecule has 0 amide bonds. The van der Waals surface area contributed by atoms with Gasteiger partial charge in [-0.05, 0) is 0 Å². The van der Waals surface area contributed by atoms with E-state index in [1.807, 2.05) is 0 Å². The fourth-order valence-electron chi connectivity index (χ4n) is 0. The van der Waals surface area contributed by atoms with Gasteiger partial charge in [-0.1, -0.05) is 0 Å². The topological polar surface area (TPSA) is 80.9 Å². The molecule has 0 spiro atoms. The van der Waals surface area contributed by atoms with Crippen LogP contribution in [0.4, 0.5) is 0 Å². The van der Waals surface area contributed by atoms with Crippen molar-refractivity contribution in [2.75, 3.05) is 0 Å². The van der Waals surface area contributed by atoms with E-state index in [2.05, 4.69) is 0 Å². The first-order valence-electron chi connectivity index (χ1n) is 0.894. The van der Waals surface area contributed by atoms with Gasteiger partial charge >= 0.3 is 38.4 Å². The normalized spacial score (nSPS) is 8.57. The molecule has 0 rings (SSSR count). The van der Waals surface area contributed by atoms with Gasteiger partial charge < -0.3 is 19.2 Å². The molecule has 0 aromatic rings. The molecule has 0 bridgehead atoms. The summed E-state index contributed by atoms with van der Waals surface area (Å²) in [4.78, 5) is 29.3. The minimum Gasteiger partial charge on any atom is -0.368 e. The standard InChI is InChI=1S/H4O4Si.P.Zn/c1-5(2,3)4;;/h1-4H;;/q;+3;+2. The summed E-state index contributed by atoms with van der Waals surface area (Å²) in [5.41, 5.74) is 0. The van der Waals surface area contributed by atoms with Crippen molar-refractivity contribution in [3.63, 3.8) is 0 Å². The molecule has 4 N–H and O–H groups in total. The van der Waals surface area contributed by atoms with Crippen LogP contribution in [0.25, 0.3) is 0 Å². The Morgan fingerprint density at radius 3 is 0.857 bits per heavy atom. The maximum Gasteiger partial charge on any atom is 3.00 e. The first-order chi connectivity index (χ1) is 2.00. The average Bonchev–Trinajstić information content (AvgIpc) is 0.722. The molecule has 0 aromatic carbocycles. The van der Waals surface area contributed by atoms with Gasteiger partial charge in [0.1, 0.15) is 0 Å². The smallest absolute Gasteiger partial charge is 0.368 e. The van der Waals surface area contributed by atoms with Crippen molar-refractivity contribution in [2.24, 2.45) is 0 Å². The van der Waals surface area contributed by atoms with Crippen LogP contribution in [0.2, 0.25) is 0 Å². The number of hydrogen-bond acceptors (Lipinski definition) is 4. The summed E-state index contributed by atoms with van der Waals surface area (Å²) in [6.07, 6.45) is 0. The van der Waals surface area contributed by atoms with E-state index in [4.69, 9.17) is 19.2 Å². The summed E-state index contributed by atoms with van der Waals surface area (Å²) < 4.78 is 0. The van der Waals surface area contributed by atoms with Crippen LogP contribution in [0.3, 0.4) is 0 Å². The Morgan fingerprint density at radius 2 is 0.857 bits per heavy atom. The zero-order chi connectivity index (χ0) is 4.50. The van der Waals surface area contributed by atoms with Crippen LogP contribution in [0.1, 0.15) is 0 Å². The monoisotopic (exact) mass is 191 g/mol. The van der Waals surface area contributed by atoms with E-state index >= 15 is 0 Å². The molecule has 0 unspecified atom stereocenters. The minimum absolute atomic E-state index is 0. The van der Waals surface area contributed by atoms with Gasteiger partial charge in [0.15, 0.2) is 0 Å². The van der Waals surface area contributed by atoms with Gasteiger partial charge in [0.05, 0.1) is 0 Å². The fraction of sp³-hybridized carbons (Fsp3) is 0. The van der Waals surface area contributed by atoms with Crippen molar-refractivity contribution in [3.8, 4) is 0 Å². The number of hydrogen-bond donors (Lipinski definition) is 4. The molecule has 2 radical (unpaired) electrons. The van der Waals surface area contributed by atoms with Gasteiger partial charge in [-0.15, -0.1) is 0 Å². The van der Waals surface area contributed by atoms with Crippen LogP contribution in [0, 0.1) is 0 Å². The predicted molar refractivity (Wildman–Crippen MR) is 21.5 cm³/mol. The van der Waals surface area contributed by atoms with E-state index in [9.17, 15) is 0 Å². The van der Waals surface area contributed by atoms with Gasteiger partial charge in [0.25, 0.3) is 0 Å². The maximum absolute atomic E-state index is 7.33. The zero-order valence-electron chi connectivity index (χ0n) is 3.44. The van der Waals surface area contributed by atoms with Crippen LogP contribution in [-0.4, -0.2) is 28.2 Å². The molecule has 0 saturated carbocycles. The maximum atomic E-state index is 7.33. The molecule has 0 aliphatic rings. The summed E-state index contributed by atoms with van der Waals surface area (Å²) in [6.45, 7) is 0. The van der Waals surface area contributed by atoms with E-state index in [1.54, 1.807) is 0 Å². The third kappa shape index (κ3) is 151. The third-order valence-electron chi connectivity index (χ3n) is 0. The largest absolute Gasteiger partial charge is 3.00 e. The third-order valence-corrected chi connectivity index (χ3v) is 0. The minimum atomic E-state index is -4.61. The van der Waals surface area contributed by atoms with Gasteiger partial charge in [0.2, 0.25) is 0 Å². The molecule has 0 aliphatic heterocycles. The molecule has 0 aliphatic carbocycles. The summed E-state index contributed by atoms with van der Waals surface area (Å²) in [5.74, 6) is 0. The molecular weight excluding hydrogens is 188 g/mol. The van der Waals surface area contributed by atoms with E-state index in [0.717, 1.165) is 0 Å². The second-order valence-electron chi connectivity index (χ2n) is 0.600. The van der Waals surface area contributed by atoms with Crippen molar-refractivity contribution in [2.45, 2.75) is 0 Å². The molecule has 7 heteroatoms. The second kappa shape index (κ2) is 5.25. The SMILES string of the molecule is O[Si](O)(O)O.[P+3].[Zn+2]. The van der Waals surface area contributed by atoms with Crippen molar-refractivity contribution >= 4 is 18.9 Å². The average molecular weight is 192 g/mol. The Morgan fingerprint density at radius 1 is 0.857 bits per heavy atom. The first-order valence-corrected chi connectivity index (χ1v) is 2.68. The Balaban J connectivity index is -0.0000000800. The van der Waals surface area contributed by atoms with Crippen molar-refractivity contribution < 1.29 is 38.7 Å². The van der Waals surface area contributed by atoms with Crippen LogP contribution >= 0.6 is 9.90 Å². The Bertz CT molecular complexity index is 27.2. The first kappa shape index (κ1) is 15.7. The summed E-state index contributed by atoms with van der Waals surface area (Å²) in [6, 6.07) is 0.